The zero-order chi connectivity index (χ0) is 18.0. The maximum atomic E-state index is 12.8. The number of rotatable bonds is 3. The van der Waals surface area contributed by atoms with Gasteiger partial charge in [0.25, 0.3) is 0 Å². The number of nitrogens with zero attached hydrogens (tertiary/aromatic N) is 2. The fourth-order valence-electron chi connectivity index (χ4n) is 3.45. The lowest BCUT2D eigenvalue weighted by Crippen LogP contribution is -2.48. The van der Waals surface area contributed by atoms with Crippen LogP contribution in [-0.2, 0) is 19.6 Å². The summed E-state index contributed by atoms with van der Waals surface area (Å²) in [5.74, 6) is -0.0143. The number of ether oxygens (including phenoxy) is 1. The molecule has 0 saturated carbocycles. The van der Waals surface area contributed by atoms with E-state index in [2.05, 4.69) is 0 Å². The Labute approximate surface area is 153 Å². The first-order valence-corrected chi connectivity index (χ1v) is 10.7. The lowest BCUT2D eigenvalue weighted by molar-refractivity contribution is -0.144. The van der Waals surface area contributed by atoms with Crippen LogP contribution in [0.1, 0.15) is 24.5 Å². The summed E-state index contributed by atoms with van der Waals surface area (Å²) in [4.78, 5) is 14.7. The smallest absolute Gasteiger partial charge is 0.225 e. The number of carbonyl (C=O) groups is 1. The Kier molecular flexibility index (Phi) is 5.68. The van der Waals surface area contributed by atoms with E-state index >= 15 is 0 Å². The van der Waals surface area contributed by atoms with Crippen LogP contribution in [0.4, 0.5) is 0 Å². The molecule has 0 aromatic heterocycles. The van der Waals surface area contributed by atoms with Crippen LogP contribution in [0.5, 0.6) is 0 Å². The summed E-state index contributed by atoms with van der Waals surface area (Å²) in [7, 11) is -3.17. The zero-order valence-corrected chi connectivity index (χ0v) is 15.8. The molecule has 0 bridgehead atoms. The standard InChI is InChI=1S/C17H23ClN2O4S/c1-25(22,23)20-7-5-13(6-8-20)17(21)19-9-10-24-16(12-19)14-3-2-4-15(18)11-14/h2-4,11,13,16H,5-10,12H2,1H3. The Balaban J connectivity index is 1.61. The lowest BCUT2D eigenvalue weighted by Gasteiger charge is -2.37. The third-order valence-electron chi connectivity index (χ3n) is 4.87. The molecule has 8 heteroatoms. The molecule has 138 valence electrons. The molecule has 0 spiro atoms. The van der Waals surface area contributed by atoms with Gasteiger partial charge in [0, 0.05) is 30.6 Å². The van der Waals surface area contributed by atoms with E-state index in [4.69, 9.17) is 16.3 Å². The Morgan fingerprint density at radius 3 is 2.60 bits per heavy atom. The molecule has 2 fully saturated rings. The number of piperidine rings is 1. The molecule has 2 heterocycles. The van der Waals surface area contributed by atoms with E-state index in [1.807, 2.05) is 29.2 Å². The van der Waals surface area contributed by atoms with Crippen molar-refractivity contribution >= 4 is 27.5 Å². The number of halogens is 1. The van der Waals surface area contributed by atoms with Gasteiger partial charge in [0.15, 0.2) is 0 Å². The number of hydrogen-bond donors (Lipinski definition) is 0. The highest BCUT2D eigenvalue weighted by molar-refractivity contribution is 7.88. The second-order valence-corrected chi connectivity index (χ2v) is 9.05. The molecule has 1 aromatic carbocycles. The summed E-state index contributed by atoms with van der Waals surface area (Å²) < 4.78 is 30.4. The number of benzene rings is 1. The van der Waals surface area contributed by atoms with E-state index in [1.165, 1.54) is 10.6 Å². The van der Waals surface area contributed by atoms with Gasteiger partial charge in [0.1, 0.15) is 6.10 Å². The van der Waals surface area contributed by atoms with Crippen LogP contribution >= 0.6 is 11.6 Å². The largest absolute Gasteiger partial charge is 0.370 e. The van der Waals surface area contributed by atoms with Gasteiger partial charge in [-0.2, -0.15) is 0 Å². The minimum atomic E-state index is -3.17. The quantitative estimate of drug-likeness (QED) is 0.795. The molecule has 3 rings (SSSR count). The van der Waals surface area contributed by atoms with Crippen molar-refractivity contribution in [1.29, 1.82) is 0 Å². The van der Waals surface area contributed by atoms with Gasteiger partial charge in [-0.15, -0.1) is 0 Å². The first-order valence-electron chi connectivity index (χ1n) is 8.45. The van der Waals surface area contributed by atoms with Gasteiger partial charge in [0.05, 0.1) is 19.4 Å². The van der Waals surface area contributed by atoms with Crippen LogP contribution in [0.15, 0.2) is 24.3 Å². The molecular formula is C17H23ClN2O4S. The molecule has 2 aliphatic rings. The van der Waals surface area contributed by atoms with Crippen molar-refractivity contribution in [3.05, 3.63) is 34.9 Å². The van der Waals surface area contributed by atoms with E-state index in [1.54, 1.807) is 0 Å². The first-order chi connectivity index (χ1) is 11.8. The molecule has 1 amide bonds. The molecule has 6 nitrogen and oxygen atoms in total. The number of morpholine rings is 1. The average Bonchev–Trinajstić information content (AvgIpc) is 2.60. The van der Waals surface area contributed by atoms with Crippen LogP contribution < -0.4 is 0 Å². The third-order valence-corrected chi connectivity index (χ3v) is 6.41. The minimum absolute atomic E-state index is 0.100. The van der Waals surface area contributed by atoms with E-state index < -0.39 is 10.0 Å². The number of sulfonamides is 1. The maximum absolute atomic E-state index is 12.8. The summed E-state index contributed by atoms with van der Waals surface area (Å²) in [5.41, 5.74) is 0.969. The van der Waals surface area contributed by atoms with Crippen molar-refractivity contribution in [2.75, 3.05) is 39.0 Å². The molecule has 0 N–H and O–H groups in total. The second kappa shape index (κ2) is 7.61. The van der Waals surface area contributed by atoms with E-state index in [-0.39, 0.29) is 17.9 Å². The predicted molar refractivity (Wildman–Crippen MR) is 95.9 cm³/mol. The molecule has 1 aromatic rings. The van der Waals surface area contributed by atoms with Gasteiger partial charge >= 0.3 is 0 Å². The predicted octanol–water partition coefficient (Wildman–Crippen LogP) is 1.91. The molecule has 0 aliphatic carbocycles. The molecule has 2 aliphatic heterocycles. The van der Waals surface area contributed by atoms with E-state index in [0.29, 0.717) is 50.7 Å². The van der Waals surface area contributed by atoms with Crippen LogP contribution in [0, 0.1) is 5.92 Å². The van der Waals surface area contributed by atoms with Crippen LogP contribution in [-0.4, -0.2) is 62.6 Å². The monoisotopic (exact) mass is 386 g/mol. The molecule has 0 radical (unpaired) electrons. The number of hydrogen-bond acceptors (Lipinski definition) is 4. The van der Waals surface area contributed by atoms with E-state index in [0.717, 1.165) is 5.56 Å². The summed E-state index contributed by atoms with van der Waals surface area (Å²) in [6.45, 7) is 2.40. The summed E-state index contributed by atoms with van der Waals surface area (Å²) in [6.07, 6.45) is 2.19. The Bertz CT molecular complexity index is 732. The molecular weight excluding hydrogens is 364 g/mol. The molecule has 1 atom stereocenters. The van der Waals surface area contributed by atoms with Crippen molar-refractivity contribution < 1.29 is 17.9 Å². The second-order valence-electron chi connectivity index (χ2n) is 6.64. The Hall–Kier alpha value is -1.15. The lowest BCUT2D eigenvalue weighted by atomic mass is 9.96. The zero-order valence-electron chi connectivity index (χ0n) is 14.2. The average molecular weight is 387 g/mol. The fraction of sp³-hybridized carbons (Fsp3) is 0.588. The fourth-order valence-corrected chi connectivity index (χ4v) is 4.52. The first kappa shape index (κ1) is 18.6. The number of amides is 1. The van der Waals surface area contributed by atoms with Crippen molar-refractivity contribution in [2.24, 2.45) is 5.92 Å². The summed E-state index contributed by atoms with van der Waals surface area (Å²) in [5, 5.41) is 0.651. The van der Waals surface area contributed by atoms with Gasteiger partial charge in [-0.05, 0) is 30.5 Å². The molecule has 1 unspecified atom stereocenters. The van der Waals surface area contributed by atoms with Crippen LogP contribution in [0.25, 0.3) is 0 Å². The highest BCUT2D eigenvalue weighted by Gasteiger charge is 2.33. The van der Waals surface area contributed by atoms with Crippen molar-refractivity contribution in [1.82, 2.24) is 9.21 Å². The van der Waals surface area contributed by atoms with Gasteiger partial charge < -0.3 is 9.64 Å². The van der Waals surface area contributed by atoms with Gasteiger partial charge in [-0.25, -0.2) is 12.7 Å². The molecule has 2 saturated heterocycles. The van der Waals surface area contributed by atoms with E-state index in [9.17, 15) is 13.2 Å². The van der Waals surface area contributed by atoms with Crippen LogP contribution in [0.3, 0.4) is 0 Å². The topological polar surface area (TPSA) is 66.9 Å². The van der Waals surface area contributed by atoms with Crippen LogP contribution in [0.2, 0.25) is 5.02 Å². The number of carbonyl (C=O) groups excluding carboxylic acids is 1. The van der Waals surface area contributed by atoms with Gasteiger partial charge in [0.2, 0.25) is 15.9 Å². The normalized spacial score (nSPS) is 23.6. The van der Waals surface area contributed by atoms with Crippen molar-refractivity contribution in [3.8, 4) is 0 Å². The third kappa shape index (κ3) is 4.53. The highest BCUT2D eigenvalue weighted by Crippen LogP contribution is 2.27. The maximum Gasteiger partial charge on any atom is 0.225 e. The van der Waals surface area contributed by atoms with Gasteiger partial charge in [-0.1, -0.05) is 23.7 Å². The molecule has 25 heavy (non-hydrogen) atoms. The SMILES string of the molecule is CS(=O)(=O)N1CCC(C(=O)N2CCOC(c3cccc(Cl)c3)C2)CC1. The Morgan fingerprint density at radius 2 is 1.96 bits per heavy atom. The van der Waals surface area contributed by atoms with Crippen molar-refractivity contribution in [2.45, 2.75) is 18.9 Å². The highest BCUT2D eigenvalue weighted by atomic mass is 35.5. The summed E-state index contributed by atoms with van der Waals surface area (Å²) in [6, 6.07) is 7.51. The van der Waals surface area contributed by atoms with Gasteiger partial charge in [-0.3, -0.25) is 4.79 Å². The summed E-state index contributed by atoms with van der Waals surface area (Å²) >= 11 is 6.05. The minimum Gasteiger partial charge on any atom is -0.370 e. The Morgan fingerprint density at radius 1 is 1.24 bits per heavy atom. The van der Waals surface area contributed by atoms with Crippen molar-refractivity contribution in [3.63, 3.8) is 0 Å².